The Kier molecular flexibility index (Phi) is 10.4. The Morgan fingerprint density at radius 3 is 1.87 bits per heavy atom. The molecule has 2 heterocycles. The van der Waals surface area contributed by atoms with Gasteiger partial charge in [-0.25, -0.2) is 0 Å². The van der Waals surface area contributed by atoms with Gasteiger partial charge in [-0.1, -0.05) is 37.0 Å². The summed E-state index contributed by atoms with van der Waals surface area (Å²) in [6.07, 6.45) is 4.64. The summed E-state index contributed by atoms with van der Waals surface area (Å²) < 4.78 is 11.7. The lowest BCUT2D eigenvalue weighted by Crippen LogP contribution is -2.09. The molecule has 0 fully saturated rings. The van der Waals surface area contributed by atoms with E-state index >= 15 is 0 Å². The largest absolute Gasteiger partial charge is 0.457 e. The highest BCUT2D eigenvalue weighted by atomic mass is 79.9. The number of aryl methyl sites for hydroxylation is 2. The minimum Gasteiger partial charge on any atom is -0.457 e. The van der Waals surface area contributed by atoms with Crippen LogP contribution in [0.3, 0.4) is 0 Å². The number of H-pyrrole nitrogens is 2. The summed E-state index contributed by atoms with van der Waals surface area (Å²) in [5.74, 6) is 1.75. The van der Waals surface area contributed by atoms with Gasteiger partial charge in [0, 0.05) is 39.6 Å². The lowest BCUT2D eigenvalue weighted by molar-refractivity contribution is 0.471. The molecule has 0 unspecified atom stereocenters. The average molecular weight is 628 g/mol. The molecular weight excluding hydrogens is 607 g/mol. The Hall–Kier alpha value is -4.02. The van der Waals surface area contributed by atoms with Crippen LogP contribution in [0.5, 0.6) is 23.0 Å². The zero-order valence-corrected chi connectivity index (χ0v) is 23.9. The molecule has 0 bridgehead atoms. The van der Waals surface area contributed by atoms with Crippen LogP contribution in [-0.2, 0) is 12.8 Å². The van der Waals surface area contributed by atoms with Crippen molar-refractivity contribution in [2.45, 2.75) is 26.7 Å². The molecule has 8 nitrogen and oxygen atoms in total. The zero-order valence-electron chi connectivity index (χ0n) is 20.8. The van der Waals surface area contributed by atoms with Crippen LogP contribution in [0.4, 0.5) is 0 Å². The molecule has 0 saturated heterocycles. The smallest absolute Gasteiger partial charge is 0.266 e. The number of aromatic nitrogens is 2. The van der Waals surface area contributed by atoms with Crippen molar-refractivity contribution in [2.24, 2.45) is 0 Å². The molecule has 2 aromatic carbocycles. The van der Waals surface area contributed by atoms with Gasteiger partial charge < -0.3 is 19.4 Å². The Labute approximate surface area is 242 Å². The second kappa shape index (κ2) is 13.7. The van der Waals surface area contributed by atoms with Crippen molar-refractivity contribution in [3.05, 3.63) is 112 Å². The van der Waals surface area contributed by atoms with E-state index in [1.807, 2.05) is 26.0 Å². The summed E-state index contributed by atoms with van der Waals surface area (Å²) in [6.45, 7) is 3.91. The number of nitrogens with zero attached hydrogens (tertiary/aromatic N) is 2. The third-order valence-corrected chi connectivity index (χ3v) is 6.40. The van der Waals surface area contributed by atoms with Crippen molar-refractivity contribution in [1.29, 1.82) is 10.5 Å². The van der Waals surface area contributed by atoms with Crippen molar-refractivity contribution in [1.82, 2.24) is 9.97 Å². The molecule has 4 aromatic rings. The van der Waals surface area contributed by atoms with Gasteiger partial charge in [0.15, 0.2) is 5.75 Å². The number of halogens is 3. The van der Waals surface area contributed by atoms with E-state index in [2.05, 4.69) is 25.9 Å². The van der Waals surface area contributed by atoms with E-state index in [4.69, 9.17) is 43.2 Å². The number of nitriles is 2. The molecule has 4 rings (SSSR count). The molecule has 2 N–H and O–H groups in total. The van der Waals surface area contributed by atoms with E-state index in [1.165, 1.54) is 6.07 Å². The van der Waals surface area contributed by atoms with E-state index in [9.17, 15) is 9.59 Å². The normalized spacial score (nSPS) is 10.0. The number of aromatic amines is 2. The van der Waals surface area contributed by atoms with Gasteiger partial charge in [0.05, 0.1) is 23.3 Å². The van der Waals surface area contributed by atoms with E-state index < -0.39 is 0 Å². The van der Waals surface area contributed by atoms with Gasteiger partial charge >= 0.3 is 0 Å². The maximum atomic E-state index is 11.6. The molecular formula is C28H21BrCl2N4O4. The van der Waals surface area contributed by atoms with Crippen LogP contribution in [0, 0.1) is 22.7 Å². The summed E-state index contributed by atoms with van der Waals surface area (Å²) in [7, 11) is 0. The summed E-state index contributed by atoms with van der Waals surface area (Å²) in [5.41, 5.74) is 2.00. The minimum absolute atomic E-state index is 0.241. The molecule has 39 heavy (non-hydrogen) atoms. The molecule has 0 atom stereocenters. The van der Waals surface area contributed by atoms with Crippen molar-refractivity contribution in [3.63, 3.8) is 0 Å². The second-order valence-electron chi connectivity index (χ2n) is 7.96. The molecule has 0 spiro atoms. The van der Waals surface area contributed by atoms with E-state index in [-0.39, 0.29) is 11.1 Å². The highest BCUT2D eigenvalue weighted by Gasteiger charge is 2.13. The first-order chi connectivity index (χ1) is 18.7. The van der Waals surface area contributed by atoms with Gasteiger partial charge in [0.2, 0.25) is 0 Å². The minimum atomic E-state index is -0.278. The summed E-state index contributed by atoms with van der Waals surface area (Å²) in [6, 6.07) is 14.8. The van der Waals surface area contributed by atoms with Gasteiger partial charge in [0.25, 0.3) is 11.1 Å². The van der Waals surface area contributed by atoms with E-state index in [0.29, 0.717) is 55.1 Å². The molecule has 0 aliphatic carbocycles. The van der Waals surface area contributed by atoms with E-state index in [0.717, 1.165) is 17.5 Å². The fourth-order valence-electron chi connectivity index (χ4n) is 3.37. The van der Waals surface area contributed by atoms with Crippen LogP contribution < -0.4 is 20.6 Å². The lowest BCUT2D eigenvalue weighted by atomic mass is 10.2. The van der Waals surface area contributed by atoms with Gasteiger partial charge in [-0.15, -0.1) is 0 Å². The van der Waals surface area contributed by atoms with Crippen LogP contribution in [0.15, 0.2) is 68.9 Å². The van der Waals surface area contributed by atoms with Crippen LogP contribution in [0.2, 0.25) is 10.0 Å². The topological polar surface area (TPSA) is 132 Å². The van der Waals surface area contributed by atoms with Crippen molar-refractivity contribution in [2.75, 3.05) is 0 Å². The fraction of sp³-hybridized carbons (Fsp3) is 0.143. The standard InChI is InChI=1S/C14H10BrClN2O2.C14H11ClN2O2/c1-2-9-7-18-14(19)12(15)13(9)20-11-4-8(6-17)3-10(16)5-11;1-2-10-8-17-14(18)6-13(10)19-12-4-9(7-16)3-11(15)5-12/h3-5,7H,2H2,1H3,(H,18,19);3-6,8H,2H2,1H3,(H,17,18). The number of pyridine rings is 2. The third kappa shape index (κ3) is 7.98. The van der Waals surface area contributed by atoms with Gasteiger partial charge in [-0.2, -0.15) is 10.5 Å². The summed E-state index contributed by atoms with van der Waals surface area (Å²) in [4.78, 5) is 28.2. The molecule has 11 heteroatoms. The quantitative estimate of drug-likeness (QED) is 0.231. The molecule has 2 aromatic heterocycles. The van der Waals surface area contributed by atoms with Gasteiger partial charge in [-0.05, 0) is 65.2 Å². The number of hydrogen-bond donors (Lipinski definition) is 2. The number of rotatable bonds is 6. The Bertz CT molecular complexity index is 1700. The van der Waals surface area contributed by atoms with Gasteiger partial charge in [-0.3, -0.25) is 9.59 Å². The lowest BCUT2D eigenvalue weighted by Gasteiger charge is -2.11. The fourth-order valence-corrected chi connectivity index (χ4v) is 4.27. The Balaban J connectivity index is 0.000000216. The molecule has 0 radical (unpaired) electrons. The molecule has 0 saturated carbocycles. The van der Waals surface area contributed by atoms with E-state index in [1.54, 1.807) is 48.8 Å². The summed E-state index contributed by atoms with van der Waals surface area (Å²) >= 11 is 15.0. The van der Waals surface area contributed by atoms with Crippen molar-refractivity contribution < 1.29 is 9.47 Å². The maximum absolute atomic E-state index is 11.6. The number of ether oxygens (including phenoxy) is 2. The number of hydrogen-bond acceptors (Lipinski definition) is 6. The highest BCUT2D eigenvalue weighted by Crippen LogP contribution is 2.32. The Morgan fingerprint density at radius 1 is 0.795 bits per heavy atom. The van der Waals surface area contributed by atoms with Crippen LogP contribution in [0.25, 0.3) is 0 Å². The highest BCUT2D eigenvalue weighted by molar-refractivity contribution is 9.10. The number of nitrogens with one attached hydrogen (secondary N) is 2. The average Bonchev–Trinajstić information content (AvgIpc) is 2.91. The zero-order chi connectivity index (χ0) is 28.5. The molecule has 0 amide bonds. The van der Waals surface area contributed by atoms with Crippen molar-refractivity contribution >= 4 is 39.1 Å². The first-order valence-corrected chi connectivity index (χ1v) is 13.1. The Morgan fingerprint density at radius 2 is 1.33 bits per heavy atom. The second-order valence-corrected chi connectivity index (χ2v) is 9.62. The number of benzene rings is 2. The van der Waals surface area contributed by atoms with Crippen LogP contribution in [0.1, 0.15) is 36.1 Å². The third-order valence-electron chi connectivity index (χ3n) is 5.25. The first-order valence-electron chi connectivity index (χ1n) is 11.6. The predicted octanol–water partition coefficient (Wildman–Crippen LogP) is 7.27. The van der Waals surface area contributed by atoms with Crippen LogP contribution >= 0.6 is 39.1 Å². The first kappa shape index (κ1) is 29.5. The monoisotopic (exact) mass is 626 g/mol. The molecule has 198 valence electrons. The predicted molar refractivity (Wildman–Crippen MR) is 153 cm³/mol. The van der Waals surface area contributed by atoms with Crippen LogP contribution in [-0.4, -0.2) is 9.97 Å². The SMILES string of the molecule is CCc1c[nH]c(=O)c(Br)c1Oc1cc(Cl)cc(C#N)c1.CCc1c[nH]c(=O)cc1Oc1cc(Cl)cc(C#N)c1. The molecule has 0 aliphatic heterocycles. The van der Waals surface area contributed by atoms with Crippen molar-refractivity contribution in [3.8, 4) is 35.1 Å². The van der Waals surface area contributed by atoms with Gasteiger partial charge in [0.1, 0.15) is 21.7 Å². The molecule has 0 aliphatic rings. The maximum Gasteiger partial charge on any atom is 0.266 e. The summed E-state index contributed by atoms with van der Waals surface area (Å²) in [5, 5.41) is 18.6.